The van der Waals surface area contributed by atoms with Gasteiger partial charge < -0.3 is 32.2 Å². The van der Waals surface area contributed by atoms with Crippen LogP contribution in [0.3, 0.4) is 0 Å². The molecule has 192 valence electrons. The molecule has 0 aliphatic carbocycles. The lowest BCUT2D eigenvalue weighted by atomic mass is 9.97. The topological polar surface area (TPSA) is 183 Å². The summed E-state index contributed by atoms with van der Waals surface area (Å²) >= 11 is 0. The van der Waals surface area contributed by atoms with Gasteiger partial charge in [0.15, 0.2) is 5.78 Å². The van der Waals surface area contributed by atoms with Gasteiger partial charge in [0, 0.05) is 0 Å². The predicted molar refractivity (Wildman–Crippen MR) is 128 cm³/mol. The van der Waals surface area contributed by atoms with Crippen molar-refractivity contribution in [2.45, 2.75) is 51.6 Å². The summed E-state index contributed by atoms with van der Waals surface area (Å²) in [6.45, 7) is 3.26. The number of unbranched alkanes of at least 4 members (excludes halogenated alkanes) is 1. The van der Waals surface area contributed by atoms with Gasteiger partial charge in [-0.3, -0.25) is 24.0 Å². The molecule has 11 heteroatoms. The molecule has 1 aromatic carbocycles. The first kappa shape index (κ1) is 27.8. The smallest absolute Gasteiger partial charge is 0.255 e. The number of rotatable bonds is 7. The van der Waals surface area contributed by atoms with Crippen LogP contribution in [0.4, 0.5) is 0 Å². The molecule has 0 aromatic heterocycles. The molecule has 0 radical (unpaired) electrons. The van der Waals surface area contributed by atoms with Crippen molar-refractivity contribution in [3.63, 3.8) is 0 Å². The van der Waals surface area contributed by atoms with Crippen molar-refractivity contribution < 1.29 is 28.7 Å². The minimum Gasteiger partial charge on any atom is -0.491 e. The molecule has 0 saturated heterocycles. The zero-order valence-corrected chi connectivity index (χ0v) is 20.2. The molecule has 4 atom stereocenters. The number of nitrogens with one attached hydrogen (secondary N) is 3. The number of fused-ring (bicyclic) bond motifs is 1. The van der Waals surface area contributed by atoms with Gasteiger partial charge in [0.1, 0.15) is 30.4 Å². The SMILES string of the molecule is CCC(C)[C@@H]1NC(=O)c2ccccc2OCC(C(N)=O)C(=O)CNC(=O)C(CCCCN)NC1=O. The third-order valence-corrected chi connectivity index (χ3v) is 6.07. The fourth-order valence-electron chi connectivity index (χ4n) is 3.65. The second-order valence-corrected chi connectivity index (χ2v) is 8.63. The van der Waals surface area contributed by atoms with Crippen LogP contribution in [0.2, 0.25) is 0 Å². The van der Waals surface area contributed by atoms with Crippen LogP contribution < -0.4 is 32.2 Å². The number of ketones is 1. The maximum atomic E-state index is 13.2. The summed E-state index contributed by atoms with van der Waals surface area (Å²) < 4.78 is 5.63. The lowest BCUT2D eigenvalue weighted by molar-refractivity contribution is -0.135. The van der Waals surface area contributed by atoms with Gasteiger partial charge in [0.05, 0.1) is 12.1 Å². The number of para-hydroxylation sites is 1. The number of nitrogens with two attached hydrogens (primary N) is 2. The molecule has 3 unspecified atom stereocenters. The van der Waals surface area contributed by atoms with Gasteiger partial charge in [-0.25, -0.2) is 0 Å². The van der Waals surface area contributed by atoms with E-state index >= 15 is 0 Å². The fourth-order valence-corrected chi connectivity index (χ4v) is 3.65. The second kappa shape index (κ2) is 13.4. The Morgan fingerprint density at radius 3 is 2.49 bits per heavy atom. The first-order valence-electron chi connectivity index (χ1n) is 11.8. The molecule has 1 aliphatic heterocycles. The van der Waals surface area contributed by atoms with E-state index in [2.05, 4.69) is 16.0 Å². The highest BCUT2D eigenvalue weighted by molar-refractivity contribution is 6.04. The van der Waals surface area contributed by atoms with Crippen LogP contribution in [0.5, 0.6) is 5.75 Å². The molecule has 1 aromatic rings. The van der Waals surface area contributed by atoms with Crippen molar-refractivity contribution in [3.05, 3.63) is 29.8 Å². The highest BCUT2D eigenvalue weighted by atomic mass is 16.5. The van der Waals surface area contributed by atoms with Crippen LogP contribution in [-0.2, 0) is 19.2 Å². The van der Waals surface area contributed by atoms with Crippen molar-refractivity contribution in [1.82, 2.24) is 16.0 Å². The standard InChI is InChI=1S/C24H35N5O6/c1-3-14(2)20-24(34)28-17(9-6-7-11-25)23(33)27-12-18(30)16(21(26)31)13-35-19-10-5-4-8-15(19)22(32)29-20/h4-5,8,10,14,16-17,20H,3,6-7,9,11-13,25H2,1-2H3,(H2,26,31)(H,27,33)(H,28,34)(H,29,32)/t14?,16?,17?,20-/m0/s1. The number of benzene rings is 1. The molecule has 35 heavy (non-hydrogen) atoms. The number of ether oxygens (including phenoxy) is 1. The zero-order chi connectivity index (χ0) is 26.0. The van der Waals surface area contributed by atoms with E-state index in [1.807, 2.05) is 13.8 Å². The summed E-state index contributed by atoms with van der Waals surface area (Å²) in [7, 11) is 0. The fraction of sp³-hybridized carbons (Fsp3) is 0.542. The quantitative estimate of drug-likeness (QED) is 0.255. The van der Waals surface area contributed by atoms with Crippen LogP contribution in [0.15, 0.2) is 24.3 Å². The number of hydrogen-bond donors (Lipinski definition) is 5. The maximum absolute atomic E-state index is 13.2. The monoisotopic (exact) mass is 489 g/mol. The highest BCUT2D eigenvalue weighted by Gasteiger charge is 2.32. The summed E-state index contributed by atoms with van der Waals surface area (Å²) in [4.78, 5) is 63.8. The third-order valence-electron chi connectivity index (χ3n) is 6.07. The molecule has 11 nitrogen and oxygen atoms in total. The average molecular weight is 490 g/mol. The van der Waals surface area contributed by atoms with E-state index in [9.17, 15) is 24.0 Å². The Balaban J connectivity index is 2.44. The minimum atomic E-state index is -1.34. The molecule has 0 bridgehead atoms. The largest absolute Gasteiger partial charge is 0.491 e. The number of primary amides is 1. The molecule has 0 fully saturated rings. The van der Waals surface area contributed by atoms with E-state index in [-0.39, 0.29) is 23.7 Å². The van der Waals surface area contributed by atoms with Gasteiger partial charge in [0.25, 0.3) is 5.91 Å². The molecule has 7 N–H and O–H groups in total. The molecule has 0 saturated carbocycles. The van der Waals surface area contributed by atoms with Gasteiger partial charge in [-0.2, -0.15) is 0 Å². The Bertz CT molecular complexity index is 937. The van der Waals surface area contributed by atoms with Crippen LogP contribution in [0.25, 0.3) is 0 Å². The highest BCUT2D eigenvalue weighted by Crippen LogP contribution is 2.20. The molecule has 1 heterocycles. The van der Waals surface area contributed by atoms with Gasteiger partial charge in [0.2, 0.25) is 17.7 Å². The Labute approximate surface area is 204 Å². The van der Waals surface area contributed by atoms with E-state index in [0.29, 0.717) is 25.8 Å². The first-order valence-corrected chi connectivity index (χ1v) is 11.8. The Kier molecular flexibility index (Phi) is 10.7. The molecular formula is C24H35N5O6. The van der Waals surface area contributed by atoms with E-state index in [1.54, 1.807) is 12.1 Å². The Hall–Kier alpha value is -3.47. The molecule has 1 aliphatic rings. The summed E-state index contributed by atoms with van der Waals surface area (Å²) in [6, 6.07) is 4.41. The van der Waals surface area contributed by atoms with Crippen molar-refractivity contribution >= 4 is 29.4 Å². The summed E-state index contributed by atoms with van der Waals surface area (Å²) in [5, 5.41) is 7.95. The first-order chi connectivity index (χ1) is 16.7. The van der Waals surface area contributed by atoms with E-state index in [4.69, 9.17) is 16.2 Å². The van der Waals surface area contributed by atoms with E-state index in [0.717, 1.165) is 0 Å². The van der Waals surface area contributed by atoms with Crippen LogP contribution in [-0.4, -0.2) is 61.2 Å². The van der Waals surface area contributed by atoms with Gasteiger partial charge in [-0.1, -0.05) is 32.4 Å². The summed E-state index contributed by atoms with van der Waals surface area (Å²) in [5.41, 5.74) is 11.1. The molecule has 0 spiro atoms. The normalized spacial score (nSPS) is 22.9. The number of hydrogen-bond acceptors (Lipinski definition) is 7. The molecule has 2 rings (SSSR count). The van der Waals surface area contributed by atoms with Crippen molar-refractivity contribution in [1.29, 1.82) is 0 Å². The van der Waals surface area contributed by atoms with Crippen molar-refractivity contribution in [2.24, 2.45) is 23.3 Å². The number of carbonyl (C=O) groups excluding carboxylic acids is 5. The summed E-state index contributed by atoms with van der Waals surface area (Å²) in [5.74, 6) is -4.68. The van der Waals surface area contributed by atoms with Gasteiger partial charge >= 0.3 is 0 Å². The van der Waals surface area contributed by atoms with Crippen LogP contribution in [0.1, 0.15) is 49.9 Å². The van der Waals surface area contributed by atoms with E-state index < -0.39 is 60.6 Å². The average Bonchev–Trinajstić information content (AvgIpc) is 2.84. The van der Waals surface area contributed by atoms with Crippen LogP contribution >= 0.6 is 0 Å². The second-order valence-electron chi connectivity index (χ2n) is 8.63. The zero-order valence-electron chi connectivity index (χ0n) is 20.2. The van der Waals surface area contributed by atoms with E-state index in [1.165, 1.54) is 12.1 Å². The third kappa shape index (κ3) is 7.78. The molecular weight excluding hydrogens is 454 g/mol. The summed E-state index contributed by atoms with van der Waals surface area (Å²) in [6.07, 6.45) is 2.08. The minimum absolute atomic E-state index is 0.130. The molecule has 4 amide bonds. The lowest BCUT2D eigenvalue weighted by Gasteiger charge is -2.26. The Morgan fingerprint density at radius 1 is 1.11 bits per heavy atom. The van der Waals surface area contributed by atoms with Gasteiger partial charge in [-0.15, -0.1) is 0 Å². The number of amides is 4. The Morgan fingerprint density at radius 2 is 1.83 bits per heavy atom. The number of carbonyl (C=O) groups is 5. The maximum Gasteiger partial charge on any atom is 0.255 e. The lowest BCUT2D eigenvalue weighted by Crippen LogP contribution is -2.56. The van der Waals surface area contributed by atoms with Crippen LogP contribution in [0, 0.1) is 11.8 Å². The van der Waals surface area contributed by atoms with Crippen molar-refractivity contribution in [3.8, 4) is 5.75 Å². The van der Waals surface area contributed by atoms with Crippen molar-refractivity contribution in [2.75, 3.05) is 19.7 Å². The van der Waals surface area contributed by atoms with Gasteiger partial charge in [-0.05, 0) is 43.9 Å². The number of Topliss-reactive ketones (excluding diaryl/α,β-unsaturated/α-hetero) is 1. The predicted octanol–water partition coefficient (Wildman–Crippen LogP) is -0.376.